The first-order valence-corrected chi connectivity index (χ1v) is 7.56. The summed E-state index contributed by atoms with van der Waals surface area (Å²) >= 11 is 7.51. The quantitative estimate of drug-likeness (QED) is 0.631. The van der Waals surface area contributed by atoms with E-state index < -0.39 is 10.5 Å². The first-order chi connectivity index (χ1) is 9.90. The van der Waals surface area contributed by atoms with Gasteiger partial charge in [-0.05, 0) is 30.0 Å². The Bertz CT molecular complexity index is 629. The zero-order chi connectivity index (χ0) is 15.5. The van der Waals surface area contributed by atoms with Gasteiger partial charge in [0.25, 0.3) is 5.69 Å². The van der Waals surface area contributed by atoms with E-state index in [-0.39, 0.29) is 5.69 Å². The SMILES string of the molecule is CC(O)(CNCc1cc([N+](=O)[O-])ccc1Cl)c1cccs1. The van der Waals surface area contributed by atoms with Gasteiger partial charge in [-0.25, -0.2) is 0 Å². The predicted octanol–water partition coefficient (Wildman–Crippen LogP) is 3.31. The van der Waals surface area contributed by atoms with Gasteiger partial charge in [0, 0.05) is 35.1 Å². The van der Waals surface area contributed by atoms with Crippen LogP contribution in [0.2, 0.25) is 5.02 Å². The van der Waals surface area contributed by atoms with Crippen LogP contribution in [-0.2, 0) is 12.1 Å². The van der Waals surface area contributed by atoms with Crippen LogP contribution in [0.1, 0.15) is 17.4 Å². The summed E-state index contributed by atoms with van der Waals surface area (Å²) in [6, 6.07) is 8.07. The Hall–Kier alpha value is -1.47. The molecule has 2 N–H and O–H groups in total. The van der Waals surface area contributed by atoms with Crippen LogP contribution in [0.3, 0.4) is 0 Å². The highest BCUT2D eigenvalue weighted by Crippen LogP contribution is 2.25. The topological polar surface area (TPSA) is 75.4 Å². The van der Waals surface area contributed by atoms with E-state index in [4.69, 9.17) is 11.6 Å². The molecule has 1 unspecified atom stereocenters. The van der Waals surface area contributed by atoms with Gasteiger partial charge < -0.3 is 10.4 Å². The lowest BCUT2D eigenvalue weighted by molar-refractivity contribution is -0.384. The van der Waals surface area contributed by atoms with Crippen molar-refractivity contribution in [2.75, 3.05) is 6.54 Å². The number of hydrogen-bond donors (Lipinski definition) is 2. The molecule has 1 aromatic carbocycles. The molecule has 0 radical (unpaired) electrons. The summed E-state index contributed by atoms with van der Waals surface area (Å²) in [6.07, 6.45) is 0. The van der Waals surface area contributed by atoms with E-state index >= 15 is 0 Å². The Kier molecular flexibility index (Phi) is 4.95. The molecule has 0 amide bonds. The number of benzene rings is 1. The maximum absolute atomic E-state index is 10.8. The van der Waals surface area contributed by atoms with Crippen molar-refractivity contribution in [1.29, 1.82) is 0 Å². The molecule has 1 aromatic heterocycles. The third kappa shape index (κ3) is 4.01. The largest absolute Gasteiger partial charge is 0.383 e. The van der Waals surface area contributed by atoms with Crippen molar-refractivity contribution in [1.82, 2.24) is 5.32 Å². The molecule has 2 aromatic rings. The van der Waals surface area contributed by atoms with Crippen LogP contribution in [0.4, 0.5) is 5.69 Å². The fraction of sp³-hybridized carbons (Fsp3) is 0.286. The molecule has 5 nitrogen and oxygen atoms in total. The average molecular weight is 327 g/mol. The minimum Gasteiger partial charge on any atom is -0.383 e. The molecule has 0 spiro atoms. The van der Waals surface area contributed by atoms with Gasteiger partial charge in [0.15, 0.2) is 0 Å². The summed E-state index contributed by atoms with van der Waals surface area (Å²) in [7, 11) is 0. The lowest BCUT2D eigenvalue weighted by atomic mass is 10.1. The number of nitro benzene ring substituents is 1. The van der Waals surface area contributed by atoms with Crippen LogP contribution in [-0.4, -0.2) is 16.6 Å². The minimum absolute atomic E-state index is 0.00113. The molecule has 0 bridgehead atoms. The van der Waals surface area contributed by atoms with E-state index in [2.05, 4.69) is 5.32 Å². The van der Waals surface area contributed by atoms with Crippen molar-refractivity contribution in [2.45, 2.75) is 19.1 Å². The van der Waals surface area contributed by atoms with Crippen molar-refractivity contribution >= 4 is 28.6 Å². The molecule has 7 heteroatoms. The molecule has 112 valence electrons. The lowest BCUT2D eigenvalue weighted by Crippen LogP contribution is -2.34. The van der Waals surface area contributed by atoms with Crippen molar-refractivity contribution in [3.05, 3.63) is 61.3 Å². The maximum Gasteiger partial charge on any atom is 0.269 e. The van der Waals surface area contributed by atoms with Crippen molar-refractivity contribution in [2.24, 2.45) is 0 Å². The van der Waals surface area contributed by atoms with Gasteiger partial charge in [-0.1, -0.05) is 17.7 Å². The fourth-order valence-corrected chi connectivity index (χ4v) is 2.89. The zero-order valence-electron chi connectivity index (χ0n) is 11.4. The lowest BCUT2D eigenvalue weighted by Gasteiger charge is -2.22. The van der Waals surface area contributed by atoms with Crippen LogP contribution in [0.25, 0.3) is 0 Å². The van der Waals surface area contributed by atoms with Gasteiger partial charge in [0.05, 0.1) is 4.92 Å². The van der Waals surface area contributed by atoms with Gasteiger partial charge in [-0.3, -0.25) is 10.1 Å². The van der Waals surface area contributed by atoms with E-state index in [9.17, 15) is 15.2 Å². The number of rotatable bonds is 6. The zero-order valence-corrected chi connectivity index (χ0v) is 12.9. The van der Waals surface area contributed by atoms with E-state index in [0.717, 1.165) is 4.88 Å². The molecule has 0 fully saturated rings. The third-order valence-electron chi connectivity index (χ3n) is 3.08. The minimum atomic E-state index is -0.985. The number of non-ortho nitro benzene ring substituents is 1. The standard InChI is InChI=1S/C14H15ClN2O3S/c1-14(18,13-3-2-6-21-13)9-16-8-10-7-11(17(19)20)4-5-12(10)15/h2-7,16,18H,8-9H2,1H3. The molecular weight excluding hydrogens is 312 g/mol. The van der Waals surface area contributed by atoms with Crippen LogP contribution < -0.4 is 5.32 Å². The van der Waals surface area contributed by atoms with Gasteiger partial charge in [0.2, 0.25) is 0 Å². The summed E-state index contributed by atoms with van der Waals surface area (Å²) in [5.41, 5.74) is -0.351. The normalized spacial score (nSPS) is 13.9. The summed E-state index contributed by atoms with van der Waals surface area (Å²) in [6.45, 7) is 2.40. The van der Waals surface area contributed by atoms with E-state index in [0.29, 0.717) is 23.7 Å². The number of hydrogen-bond acceptors (Lipinski definition) is 5. The van der Waals surface area contributed by atoms with E-state index in [1.54, 1.807) is 6.92 Å². The molecule has 0 saturated carbocycles. The molecule has 0 saturated heterocycles. The Balaban J connectivity index is 2.00. The molecule has 0 aliphatic heterocycles. The second kappa shape index (κ2) is 6.53. The first-order valence-electron chi connectivity index (χ1n) is 6.30. The Morgan fingerprint density at radius 1 is 1.48 bits per heavy atom. The monoisotopic (exact) mass is 326 g/mol. The third-order valence-corrected chi connectivity index (χ3v) is 4.57. The van der Waals surface area contributed by atoms with Crippen LogP contribution in [0.15, 0.2) is 35.7 Å². The van der Waals surface area contributed by atoms with Crippen LogP contribution in [0, 0.1) is 10.1 Å². The smallest absolute Gasteiger partial charge is 0.269 e. The van der Waals surface area contributed by atoms with Gasteiger partial charge in [-0.2, -0.15) is 0 Å². The highest BCUT2D eigenvalue weighted by Gasteiger charge is 2.23. The predicted molar refractivity (Wildman–Crippen MR) is 83.7 cm³/mol. The van der Waals surface area contributed by atoms with Crippen LogP contribution >= 0.6 is 22.9 Å². The summed E-state index contributed by atoms with van der Waals surface area (Å²) in [5.74, 6) is 0. The number of thiophene rings is 1. The first kappa shape index (κ1) is 15.9. The van der Waals surface area contributed by atoms with Crippen molar-refractivity contribution in [3.8, 4) is 0 Å². The van der Waals surface area contributed by atoms with Gasteiger partial charge in [-0.15, -0.1) is 11.3 Å². The summed E-state index contributed by atoms with van der Waals surface area (Å²) in [4.78, 5) is 11.2. The highest BCUT2D eigenvalue weighted by molar-refractivity contribution is 7.10. The molecule has 1 atom stereocenters. The van der Waals surface area contributed by atoms with Gasteiger partial charge in [0.1, 0.15) is 5.60 Å². The molecule has 1 heterocycles. The van der Waals surface area contributed by atoms with Crippen LogP contribution in [0.5, 0.6) is 0 Å². The van der Waals surface area contributed by atoms with Gasteiger partial charge >= 0.3 is 0 Å². The molecule has 21 heavy (non-hydrogen) atoms. The molecule has 2 rings (SSSR count). The summed E-state index contributed by atoms with van der Waals surface area (Å²) < 4.78 is 0. The summed E-state index contributed by atoms with van der Waals surface area (Å²) in [5, 5.41) is 26.6. The number of nitrogens with one attached hydrogen (secondary N) is 1. The second-order valence-corrected chi connectivity index (χ2v) is 6.24. The number of halogens is 1. The second-order valence-electron chi connectivity index (χ2n) is 4.89. The molecule has 0 aliphatic carbocycles. The number of nitrogens with zero attached hydrogens (tertiary/aromatic N) is 1. The average Bonchev–Trinajstić information content (AvgIpc) is 2.95. The maximum atomic E-state index is 10.8. The number of aliphatic hydroxyl groups is 1. The molecule has 0 aliphatic rings. The van der Waals surface area contributed by atoms with Crippen molar-refractivity contribution < 1.29 is 10.0 Å². The highest BCUT2D eigenvalue weighted by atomic mass is 35.5. The fourth-order valence-electron chi connectivity index (χ4n) is 1.92. The Labute approximate surface area is 131 Å². The van der Waals surface area contributed by atoms with Crippen molar-refractivity contribution in [3.63, 3.8) is 0 Å². The van der Waals surface area contributed by atoms with E-state index in [1.807, 2.05) is 17.5 Å². The Morgan fingerprint density at radius 3 is 2.86 bits per heavy atom. The molecular formula is C14H15ClN2O3S. The number of nitro groups is 1. The van der Waals surface area contributed by atoms with E-state index in [1.165, 1.54) is 29.5 Å². The Morgan fingerprint density at radius 2 is 2.24 bits per heavy atom.